The quantitative estimate of drug-likeness (QED) is 0.693. The van der Waals surface area contributed by atoms with E-state index in [9.17, 15) is 5.11 Å². The molecule has 0 aliphatic heterocycles. The first-order chi connectivity index (χ1) is 6.74. The first-order valence-electron chi connectivity index (χ1n) is 4.80. The average molecular weight is 210 g/mol. The van der Waals surface area contributed by atoms with Crippen LogP contribution in [0.15, 0.2) is 12.5 Å². The van der Waals surface area contributed by atoms with E-state index in [1.165, 1.54) is 12.5 Å². The lowest BCUT2D eigenvalue weighted by Crippen LogP contribution is -2.51. The van der Waals surface area contributed by atoms with Gasteiger partial charge >= 0.3 is 0 Å². The molecule has 5 nitrogen and oxygen atoms in total. The maximum absolute atomic E-state index is 9.95. The van der Waals surface area contributed by atoms with Crippen LogP contribution in [0, 0.1) is 0 Å². The maximum Gasteiger partial charge on any atom is 0.153 e. The Labute approximate surface area is 89.7 Å². The van der Waals surface area contributed by atoms with Gasteiger partial charge in [-0.25, -0.2) is 9.97 Å². The summed E-state index contributed by atoms with van der Waals surface area (Å²) in [5.41, 5.74) is 4.75. The number of nitrogens with one attached hydrogen (secondary N) is 1. The second-order valence-electron chi connectivity index (χ2n) is 4.64. The van der Waals surface area contributed by atoms with Gasteiger partial charge in [0.25, 0.3) is 0 Å². The summed E-state index contributed by atoms with van der Waals surface area (Å²) in [4.78, 5) is 7.82. The molecule has 1 aromatic rings. The van der Waals surface area contributed by atoms with Crippen molar-refractivity contribution in [2.24, 2.45) is 0 Å². The minimum atomic E-state index is -0.885. The molecule has 84 valence electrons. The summed E-state index contributed by atoms with van der Waals surface area (Å²) in [6, 6.07) is 0. The van der Waals surface area contributed by atoms with Crippen LogP contribution < -0.4 is 11.1 Å². The van der Waals surface area contributed by atoms with Crippen LogP contribution in [0.3, 0.4) is 0 Å². The predicted molar refractivity (Wildman–Crippen MR) is 60.4 cm³/mol. The van der Waals surface area contributed by atoms with Crippen LogP contribution in [-0.4, -0.2) is 26.2 Å². The SMILES string of the molecule is CC(C)(O)C(C)(C)Nc1ncncc1N. The van der Waals surface area contributed by atoms with Gasteiger partial charge in [-0.15, -0.1) is 0 Å². The molecule has 1 heterocycles. The fourth-order valence-corrected chi connectivity index (χ4v) is 0.894. The topological polar surface area (TPSA) is 84.1 Å². The number of aromatic nitrogens is 2. The average Bonchev–Trinajstić information content (AvgIpc) is 2.06. The molecule has 0 saturated carbocycles. The highest BCUT2D eigenvalue weighted by molar-refractivity contribution is 5.60. The molecule has 15 heavy (non-hydrogen) atoms. The molecule has 1 aromatic heterocycles. The van der Waals surface area contributed by atoms with E-state index in [0.717, 1.165) is 0 Å². The summed E-state index contributed by atoms with van der Waals surface area (Å²) in [5.74, 6) is 0.539. The Hall–Kier alpha value is -1.36. The maximum atomic E-state index is 9.95. The first kappa shape index (κ1) is 11.7. The van der Waals surface area contributed by atoms with Crippen LogP contribution in [-0.2, 0) is 0 Å². The molecule has 1 rings (SSSR count). The summed E-state index contributed by atoms with van der Waals surface area (Å²) in [6.45, 7) is 7.23. The first-order valence-corrected chi connectivity index (χ1v) is 4.80. The summed E-state index contributed by atoms with van der Waals surface area (Å²) in [6.07, 6.45) is 2.94. The highest BCUT2D eigenvalue weighted by Gasteiger charge is 2.35. The van der Waals surface area contributed by atoms with E-state index >= 15 is 0 Å². The van der Waals surface area contributed by atoms with Crippen LogP contribution >= 0.6 is 0 Å². The molecule has 0 radical (unpaired) electrons. The van der Waals surface area contributed by atoms with Crippen molar-refractivity contribution in [2.75, 3.05) is 11.1 Å². The van der Waals surface area contributed by atoms with Crippen LogP contribution in [0.2, 0.25) is 0 Å². The fourth-order valence-electron chi connectivity index (χ4n) is 0.894. The zero-order valence-corrected chi connectivity index (χ0v) is 9.57. The summed E-state index contributed by atoms with van der Waals surface area (Å²) >= 11 is 0. The zero-order valence-electron chi connectivity index (χ0n) is 9.57. The van der Waals surface area contributed by atoms with Crippen molar-refractivity contribution in [3.05, 3.63) is 12.5 Å². The van der Waals surface area contributed by atoms with Crippen LogP contribution in [0.25, 0.3) is 0 Å². The molecule has 4 N–H and O–H groups in total. The third-order valence-electron chi connectivity index (χ3n) is 2.70. The Morgan fingerprint density at radius 3 is 2.40 bits per heavy atom. The Kier molecular flexibility index (Phi) is 2.86. The van der Waals surface area contributed by atoms with E-state index in [-0.39, 0.29) is 0 Å². The van der Waals surface area contributed by atoms with E-state index in [4.69, 9.17) is 5.73 Å². The van der Waals surface area contributed by atoms with Gasteiger partial charge in [-0.1, -0.05) is 0 Å². The predicted octanol–water partition coefficient (Wildman–Crippen LogP) is 1.02. The molecular formula is C10H18N4O. The van der Waals surface area contributed by atoms with Gasteiger partial charge in [0, 0.05) is 0 Å². The highest BCUT2D eigenvalue weighted by Crippen LogP contribution is 2.26. The smallest absolute Gasteiger partial charge is 0.153 e. The lowest BCUT2D eigenvalue weighted by molar-refractivity contribution is 0.0239. The largest absolute Gasteiger partial charge is 0.394 e. The van der Waals surface area contributed by atoms with Gasteiger partial charge in [-0.3, -0.25) is 0 Å². The Morgan fingerprint density at radius 1 is 1.33 bits per heavy atom. The van der Waals surface area contributed by atoms with Crippen molar-refractivity contribution in [1.29, 1.82) is 0 Å². The normalized spacial score (nSPS) is 12.6. The number of hydrogen-bond donors (Lipinski definition) is 3. The van der Waals surface area contributed by atoms with E-state index in [1.54, 1.807) is 13.8 Å². The van der Waals surface area contributed by atoms with E-state index in [0.29, 0.717) is 11.5 Å². The molecule has 0 spiro atoms. The molecule has 0 bridgehead atoms. The molecule has 0 aliphatic rings. The van der Waals surface area contributed by atoms with Crippen molar-refractivity contribution in [3.8, 4) is 0 Å². The number of nitrogens with zero attached hydrogens (tertiary/aromatic N) is 2. The number of anilines is 2. The number of rotatable bonds is 3. The number of hydrogen-bond acceptors (Lipinski definition) is 5. The second-order valence-corrected chi connectivity index (χ2v) is 4.64. The summed E-state index contributed by atoms with van der Waals surface area (Å²) < 4.78 is 0. The Morgan fingerprint density at radius 2 is 1.93 bits per heavy atom. The molecule has 5 heteroatoms. The van der Waals surface area contributed by atoms with Crippen molar-refractivity contribution in [2.45, 2.75) is 38.8 Å². The third-order valence-corrected chi connectivity index (χ3v) is 2.70. The lowest BCUT2D eigenvalue weighted by atomic mass is 9.86. The molecule has 0 saturated heterocycles. The van der Waals surface area contributed by atoms with Gasteiger partial charge in [0.1, 0.15) is 6.33 Å². The van der Waals surface area contributed by atoms with Gasteiger partial charge in [-0.05, 0) is 27.7 Å². The van der Waals surface area contributed by atoms with Gasteiger partial charge in [-0.2, -0.15) is 0 Å². The lowest BCUT2D eigenvalue weighted by Gasteiger charge is -2.38. The highest BCUT2D eigenvalue weighted by atomic mass is 16.3. The van der Waals surface area contributed by atoms with Gasteiger partial charge < -0.3 is 16.2 Å². The van der Waals surface area contributed by atoms with Gasteiger partial charge in [0.15, 0.2) is 5.82 Å². The molecule has 0 amide bonds. The van der Waals surface area contributed by atoms with Crippen molar-refractivity contribution in [3.63, 3.8) is 0 Å². The molecule has 0 atom stereocenters. The molecule has 0 fully saturated rings. The zero-order chi connectivity index (χ0) is 11.7. The Balaban J connectivity index is 2.92. The minimum absolute atomic E-state index is 0.467. The van der Waals surface area contributed by atoms with Crippen LogP contribution in [0.5, 0.6) is 0 Å². The number of nitrogens with two attached hydrogens (primary N) is 1. The monoisotopic (exact) mass is 210 g/mol. The third kappa shape index (κ3) is 2.56. The Bertz CT molecular complexity index is 344. The number of nitrogen functional groups attached to an aromatic ring is 1. The van der Waals surface area contributed by atoms with Crippen molar-refractivity contribution in [1.82, 2.24) is 9.97 Å². The molecule has 0 aliphatic carbocycles. The van der Waals surface area contributed by atoms with E-state index in [2.05, 4.69) is 15.3 Å². The van der Waals surface area contributed by atoms with Crippen LogP contribution in [0.1, 0.15) is 27.7 Å². The number of aliphatic hydroxyl groups is 1. The molecular weight excluding hydrogens is 192 g/mol. The van der Waals surface area contributed by atoms with E-state index in [1.807, 2.05) is 13.8 Å². The van der Waals surface area contributed by atoms with Crippen molar-refractivity contribution < 1.29 is 5.11 Å². The summed E-state index contributed by atoms with van der Waals surface area (Å²) in [5, 5.41) is 13.1. The standard InChI is InChI=1S/C10H18N4O/c1-9(2,10(3,4)15)14-8-7(11)5-12-6-13-8/h5-6,15H,11H2,1-4H3,(H,12,13,14). The van der Waals surface area contributed by atoms with Crippen LogP contribution in [0.4, 0.5) is 11.5 Å². The molecule has 0 aromatic carbocycles. The van der Waals surface area contributed by atoms with Gasteiger partial charge in [0.05, 0.1) is 23.0 Å². The van der Waals surface area contributed by atoms with E-state index < -0.39 is 11.1 Å². The molecule has 0 unspecified atom stereocenters. The second kappa shape index (κ2) is 3.66. The minimum Gasteiger partial charge on any atom is -0.394 e. The van der Waals surface area contributed by atoms with Crippen molar-refractivity contribution >= 4 is 11.5 Å². The van der Waals surface area contributed by atoms with Gasteiger partial charge in [0.2, 0.25) is 0 Å². The fraction of sp³-hybridized carbons (Fsp3) is 0.600. The summed E-state index contributed by atoms with van der Waals surface area (Å²) in [7, 11) is 0.